The van der Waals surface area contributed by atoms with Crippen LogP contribution in [0.5, 0.6) is 5.75 Å². The van der Waals surface area contributed by atoms with Gasteiger partial charge in [0.05, 0.1) is 19.3 Å². The van der Waals surface area contributed by atoms with Gasteiger partial charge in [0, 0.05) is 18.7 Å². The molecule has 1 aromatic rings. The van der Waals surface area contributed by atoms with E-state index in [2.05, 4.69) is 5.48 Å². The number of halogens is 1. The van der Waals surface area contributed by atoms with Crippen LogP contribution in [0.4, 0.5) is 4.39 Å². The van der Waals surface area contributed by atoms with E-state index in [9.17, 15) is 9.50 Å². The Hall–Kier alpha value is -1.17. The van der Waals surface area contributed by atoms with Gasteiger partial charge >= 0.3 is 0 Å². The molecule has 1 rings (SSSR count). The molecule has 2 N–H and O–H groups in total. The van der Waals surface area contributed by atoms with Crippen molar-refractivity contribution in [2.24, 2.45) is 0 Å². The van der Waals surface area contributed by atoms with Crippen LogP contribution in [0.1, 0.15) is 18.5 Å². The summed E-state index contributed by atoms with van der Waals surface area (Å²) < 4.78 is 17.5. The van der Waals surface area contributed by atoms with Crippen LogP contribution in [-0.4, -0.2) is 25.4 Å². The number of rotatable bonds is 6. The van der Waals surface area contributed by atoms with Gasteiger partial charge in [-0.15, -0.1) is 0 Å². The Kier molecular flexibility index (Phi) is 5.18. The Morgan fingerprint density at radius 3 is 2.81 bits per heavy atom. The molecule has 0 saturated heterocycles. The lowest BCUT2D eigenvalue weighted by molar-refractivity contribution is -0.00958. The fourth-order valence-electron chi connectivity index (χ4n) is 1.26. The fraction of sp³-hybridized carbons (Fsp3) is 0.455. The second-order valence-corrected chi connectivity index (χ2v) is 3.38. The molecule has 0 aliphatic carbocycles. The molecule has 1 aromatic carbocycles. The van der Waals surface area contributed by atoms with Gasteiger partial charge in [-0.05, 0) is 13.0 Å². The van der Waals surface area contributed by atoms with Crippen molar-refractivity contribution in [3.63, 3.8) is 0 Å². The zero-order chi connectivity index (χ0) is 12.0. The monoisotopic (exact) mass is 229 g/mol. The maximum absolute atomic E-state index is 12.7. The lowest BCUT2D eigenvalue weighted by Gasteiger charge is -2.15. The Bertz CT molecular complexity index is 333. The van der Waals surface area contributed by atoms with Crippen LogP contribution in [-0.2, 0) is 9.57 Å². The van der Waals surface area contributed by atoms with E-state index in [-0.39, 0.29) is 11.8 Å². The molecule has 0 aromatic heterocycles. The maximum atomic E-state index is 12.7. The standard InChI is InChI=1S/C11H16FNO3/c1-8(13-16-6-5-15-2)10-4-3-9(12)7-11(10)14/h3-4,7-8,13-14H,5-6H2,1-2H3. The quantitative estimate of drug-likeness (QED) is 0.576. The smallest absolute Gasteiger partial charge is 0.126 e. The van der Waals surface area contributed by atoms with Gasteiger partial charge in [-0.25, -0.2) is 4.39 Å². The van der Waals surface area contributed by atoms with Crippen LogP contribution in [0.2, 0.25) is 0 Å². The van der Waals surface area contributed by atoms with Crippen molar-refractivity contribution in [3.05, 3.63) is 29.6 Å². The molecule has 16 heavy (non-hydrogen) atoms. The summed E-state index contributed by atoms with van der Waals surface area (Å²) in [6.45, 7) is 2.69. The molecule has 1 unspecified atom stereocenters. The van der Waals surface area contributed by atoms with Crippen molar-refractivity contribution in [3.8, 4) is 5.75 Å². The molecule has 0 spiro atoms. The Labute approximate surface area is 93.9 Å². The van der Waals surface area contributed by atoms with Gasteiger partial charge in [0.25, 0.3) is 0 Å². The third-order valence-corrected chi connectivity index (χ3v) is 2.11. The van der Waals surface area contributed by atoms with Crippen LogP contribution in [0.25, 0.3) is 0 Å². The summed E-state index contributed by atoms with van der Waals surface area (Å²) in [6.07, 6.45) is 0. The van der Waals surface area contributed by atoms with Gasteiger partial charge in [0.1, 0.15) is 11.6 Å². The number of methoxy groups -OCH3 is 1. The van der Waals surface area contributed by atoms with Crippen LogP contribution in [0.15, 0.2) is 18.2 Å². The number of aromatic hydroxyl groups is 1. The molecule has 0 aliphatic rings. The number of phenols is 1. The molecule has 0 fully saturated rings. The van der Waals surface area contributed by atoms with Crippen molar-refractivity contribution >= 4 is 0 Å². The summed E-state index contributed by atoms with van der Waals surface area (Å²) in [5.74, 6) is -0.552. The lowest BCUT2D eigenvalue weighted by Crippen LogP contribution is -2.21. The van der Waals surface area contributed by atoms with Gasteiger partial charge in [-0.1, -0.05) is 6.07 Å². The highest BCUT2D eigenvalue weighted by Crippen LogP contribution is 2.24. The first-order chi connectivity index (χ1) is 7.65. The van der Waals surface area contributed by atoms with Crippen molar-refractivity contribution in [2.75, 3.05) is 20.3 Å². The lowest BCUT2D eigenvalue weighted by atomic mass is 10.1. The minimum Gasteiger partial charge on any atom is -0.508 e. The van der Waals surface area contributed by atoms with Crippen molar-refractivity contribution < 1.29 is 19.1 Å². The number of hydrogen-bond donors (Lipinski definition) is 2. The Morgan fingerprint density at radius 1 is 1.44 bits per heavy atom. The molecule has 0 amide bonds. The topological polar surface area (TPSA) is 50.7 Å². The molecule has 90 valence electrons. The van der Waals surface area contributed by atoms with Gasteiger partial charge in [-0.2, -0.15) is 5.48 Å². The number of hydrogen-bond acceptors (Lipinski definition) is 4. The maximum Gasteiger partial charge on any atom is 0.126 e. The average Bonchev–Trinajstić information content (AvgIpc) is 2.24. The number of benzene rings is 1. The molecule has 1 atom stereocenters. The first kappa shape index (κ1) is 12.9. The highest BCUT2D eigenvalue weighted by Gasteiger charge is 2.10. The predicted molar refractivity (Wildman–Crippen MR) is 57.4 cm³/mol. The molecule has 0 radical (unpaired) electrons. The Morgan fingerprint density at radius 2 is 2.19 bits per heavy atom. The highest BCUT2D eigenvalue weighted by molar-refractivity contribution is 5.34. The summed E-state index contributed by atoms with van der Waals surface area (Å²) in [5, 5.41) is 9.50. The minimum atomic E-state index is -0.464. The van der Waals surface area contributed by atoms with Gasteiger partial charge in [0.2, 0.25) is 0 Å². The van der Waals surface area contributed by atoms with Crippen LogP contribution < -0.4 is 5.48 Å². The summed E-state index contributed by atoms with van der Waals surface area (Å²) in [5.41, 5.74) is 3.31. The van der Waals surface area contributed by atoms with Crippen molar-refractivity contribution in [1.82, 2.24) is 5.48 Å². The van der Waals surface area contributed by atoms with Gasteiger partial charge < -0.3 is 9.84 Å². The van der Waals surface area contributed by atoms with E-state index in [1.807, 2.05) is 0 Å². The van der Waals surface area contributed by atoms with E-state index in [1.54, 1.807) is 14.0 Å². The van der Waals surface area contributed by atoms with Crippen LogP contribution in [0, 0.1) is 5.82 Å². The number of phenolic OH excluding ortho intramolecular Hbond substituents is 1. The van der Waals surface area contributed by atoms with E-state index >= 15 is 0 Å². The van der Waals surface area contributed by atoms with E-state index in [0.717, 1.165) is 6.07 Å². The third kappa shape index (κ3) is 3.77. The molecule has 0 saturated carbocycles. The Balaban J connectivity index is 2.49. The van der Waals surface area contributed by atoms with Gasteiger partial charge in [0.15, 0.2) is 0 Å². The molecular formula is C11H16FNO3. The van der Waals surface area contributed by atoms with Crippen LogP contribution in [0.3, 0.4) is 0 Å². The van der Waals surface area contributed by atoms with E-state index in [1.165, 1.54) is 12.1 Å². The van der Waals surface area contributed by atoms with Crippen molar-refractivity contribution in [2.45, 2.75) is 13.0 Å². The molecule has 5 heteroatoms. The highest BCUT2D eigenvalue weighted by atomic mass is 19.1. The zero-order valence-electron chi connectivity index (χ0n) is 9.37. The largest absolute Gasteiger partial charge is 0.508 e. The normalized spacial score (nSPS) is 12.7. The summed E-state index contributed by atoms with van der Waals surface area (Å²) in [4.78, 5) is 5.10. The minimum absolute atomic E-state index is 0.0876. The molecule has 0 bridgehead atoms. The number of nitrogens with one attached hydrogen (secondary N) is 1. The number of ether oxygens (including phenoxy) is 1. The third-order valence-electron chi connectivity index (χ3n) is 2.11. The first-order valence-corrected chi connectivity index (χ1v) is 5.00. The molecule has 4 nitrogen and oxygen atoms in total. The summed E-state index contributed by atoms with van der Waals surface area (Å²) >= 11 is 0. The SMILES string of the molecule is COCCONC(C)c1ccc(F)cc1O. The zero-order valence-corrected chi connectivity index (χ0v) is 9.37. The molecular weight excluding hydrogens is 213 g/mol. The summed E-state index contributed by atoms with van der Waals surface area (Å²) in [6, 6.07) is 3.66. The van der Waals surface area contributed by atoms with Crippen molar-refractivity contribution in [1.29, 1.82) is 0 Å². The molecule has 0 heterocycles. The molecule has 0 aliphatic heterocycles. The number of hydroxylamine groups is 1. The summed E-state index contributed by atoms with van der Waals surface area (Å²) in [7, 11) is 1.58. The van der Waals surface area contributed by atoms with E-state index in [0.29, 0.717) is 18.8 Å². The fourth-order valence-corrected chi connectivity index (χ4v) is 1.26. The second-order valence-electron chi connectivity index (χ2n) is 3.38. The van der Waals surface area contributed by atoms with E-state index in [4.69, 9.17) is 9.57 Å². The predicted octanol–water partition coefficient (Wildman–Crippen LogP) is 1.76. The van der Waals surface area contributed by atoms with Gasteiger partial charge in [-0.3, -0.25) is 4.84 Å². The first-order valence-electron chi connectivity index (χ1n) is 5.00. The van der Waals surface area contributed by atoms with Crippen LogP contribution >= 0.6 is 0 Å². The second kappa shape index (κ2) is 6.42. The average molecular weight is 229 g/mol. The van der Waals surface area contributed by atoms with E-state index < -0.39 is 5.82 Å².